The summed E-state index contributed by atoms with van der Waals surface area (Å²) < 4.78 is 5.34. The Labute approximate surface area is 122 Å². The van der Waals surface area contributed by atoms with Crippen LogP contribution < -0.4 is 15.8 Å². The van der Waals surface area contributed by atoms with E-state index in [0.717, 1.165) is 11.1 Å². The van der Waals surface area contributed by atoms with Gasteiger partial charge in [0.05, 0.1) is 6.42 Å². The molecular weight excluding hydrogens is 276 g/mol. The molecule has 4 N–H and O–H groups in total. The molecule has 0 saturated heterocycles. The molecule has 1 aromatic carbocycles. The summed E-state index contributed by atoms with van der Waals surface area (Å²) in [5.74, 6) is -2.22. The van der Waals surface area contributed by atoms with Crippen molar-refractivity contribution in [2.75, 3.05) is 6.61 Å². The van der Waals surface area contributed by atoms with Crippen molar-refractivity contribution >= 4 is 17.8 Å². The second kappa shape index (κ2) is 7.28. The first-order valence-corrected chi connectivity index (χ1v) is 6.30. The minimum absolute atomic E-state index is 0.340. The number of ether oxygens (including phenoxy) is 1. The van der Waals surface area contributed by atoms with Crippen LogP contribution in [0, 0.1) is 13.8 Å². The standard InChI is InChI=1S/C14H18N2O5/c1-8-4-3-5-11(9(8)2)21-7-13(18)16-10(14(19)20)6-12(15)17/h3-5,10H,6-7H2,1-2H3,(H2,15,17)(H,16,18)(H,19,20)/t10-/m1/s1. The summed E-state index contributed by atoms with van der Waals surface area (Å²) in [6.07, 6.45) is -0.468. The third kappa shape index (κ3) is 5.13. The van der Waals surface area contributed by atoms with Crippen LogP contribution >= 0.6 is 0 Å². The van der Waals surface area contributed by atoms with Gasteiger partial charge in [-0.25, -0.2) is 4.79 Å². The fraction of sp³-hybridized carbons (Fsp3) is 0.357. The lowest BCUT2D eigenvalue weighted by Crippen LogP contribution is -2.45. The lowest BCUT2D eigenvalue weighted by Gasteiger charge is -2.14. The zero-order valence-corrected chi connectivity index (χ0v) is 11.9. The van der Waals surface area contributed by atoms with Crippen molar-refractivity contribution in [1.29, 1.82) is 0 Å². The first-order chi connectivity index (χ1) is 9.81. The van der Waals surface area contributed by atoms with Crippen LogP contribution in [0.15, 0.2) is 18.2 Å². The Morgan fingerprint density at radius 2 is 2.00 bits per heavy atom. The quantitative estimate of drug-likeness (QED) is 0.660. The van der Waals surface area contributed by atoms with Crippen LogP contribution in [-0.2, 0) is 14.4 Å². The minimum atomic E-state index is -1.35. The normalized spacial score (nSPS) is 11.5. The van der Waals surface area contributed by atoms with Gasteiger partial charge in [0.1, 0.15) is 11.8 Å². The zero-order chi connectivity index (χ0) is 16.0. The maximum absolute atomic E-state index is 11.7. The number of carbonyl (C=O) groups excluding carboxylic acids is 2. The Morgan fingerprint density at radius 1 is 1.33 bits per heavy atom. The molecule has 0 heterocycles. The van der Waals surface area contributed by atoms with Crippen LogP contribution in [0.5, 0.6) is 5.75 Å². The van der Waals surface area contributed by atoms with Crippen molar-refractivity contribution in [1.82, 2.24) is 5.32 Å². The molecular formula is C14H18N2O5. The van der Waals surface area contributed by atoms with Gasteiger partial charge in [-0.3, -0.25) is 9.59 Å². The van der Waals surface area contributed by atoms with Gasteiger partial charge in [0.2, 0.25) is 5.91 Å². The van der Waals surface area contributed by atoms with E-state index in [1.807, 2.05) is 19.9 Å². The van der Waals surface area contributed by atoms with E-state index in [-0.39, 0.29) is 6.61 Å². The van der Waals surface area contributed by atoms with Gasteiger partial charge in [-0.15, -0.1) is 0 Å². The number of carboxylic acid groups (broad SMARTS) is 1. The van der Waals surface area contributed by atoms with Crippen LogP contribution in [0.3, 0.4) is 0 Å². The van der Waals surface area contributed by atoms with Crippen molar-refractivity contribution < 1.29 is 24.2 Å². The summed E-state index contributed by atoms with van der Waals surface area (Å²) in [5.41, 5.74) is 6.84. The Hall–Kier alpha value is -2.57. The Bertz CT molecular complexity index is 556. The number of hydrogen-bond donors (Lipinski definition) is 3. The molecule has 0 bridgehead atoms. The molecule has 0 aliphatic rings. The van der Waals surface area contributed by atoms with Crippen molar-refractivity contribution in [3.8, 4) is 5.75 Å². The van der Waals surface area contributed by atoms with Crippen LogP contribution in [-0.4, -0.2) is 35.5 Å². The summed E-state index contributed by atoms with van der Waals surface area (Å²) in [6, 6.07) is 4.07. The van der Waals surface area contributed by atoms with Gasteiger partial charge in [-0.2, -0.15) is 0 Å². The summed E-state index contributed by atoms with van der Waals surface area (Å²) >= 11 is 0. The molecule has 114 valence electrons. The fourth-order valence-electron chi connectivity index (χ4n) is 1.66. The van der Waals surface area contributed by atoms with E-state index in [0.29, 0.717) is 5.75 Å². The second-order valence-corrected chi connectivity index (χ2v) is 4.62. The molecule has 21 heavy (non-hydrogen) atoms. The fourth-order valence-corrected chi connectivity index (χ4v) is 1.66. The summed E-state index contributed by atoms with van der Waals surface area (Å²) in [5, 5.41) is 11.1. The van der Waals surface area contributed by atoms with E-state index in [2.05, 4.69) is 5.32 Å². The molecule has 1 aromatic rings. The molecule has 7 heteroatoms. The van der Waals surface area contributed by atoms with Gasteiger partial charge in [-0.05, 0) is 31.0 Å². The number of hydrogen-bond acceptors (Lipinski definition) is 4. The van der Waals surface area contributed by atoms with Gasteiger partial charge in [0.25, 0.3) is 5.91 Å². The van der Waals surface area contributed by atoms with Crippen LogP contribution in [0.1, 0.15) is 17.5 Å². The summed E-state index contributed by atoms with van der Waals surface area (Å²) in [7, 11) is 0. The van der Waals surface area contributed by atoms with Crippen molar-refractivity contribution in [2.45, 2.75) is 26.3 Å². The zero-order valence-electron chi connectivity index (χ0n) is 11.9. The third-order valence-electron chi connectivity index (χ3n) is 2.95. The molecule has 1 atom stereocenters. The molecule has 0 aromatic heterocycles. The first-order valence-electron chi connectivity index (χ1n) is 6.30. The molecule has 0 fully saturated rings. The number of nitrogens with two attached hydrogens (primary N) is 1. The molecule has 0 aliphatic carbocycles. The minimum Gasteiger partial charge on any atom is -0.483 e. The highest BCUT2D eigenvalue weighted by molar-refractivity contribution is 5.88. The van der Waals surface area contributed by atoms with Crippen LogP contribution in [0.25, 0.3) is 0 Å². The van der Waals surface area contributed by atoms with E-state index in [4.69, 9.17) is 15.6 Å². The average molecular weight is 294 g/mol. The molecule has 2 amide bonds. The predicted molar refractivity (Wildman–Crippen MR) is 74.8 cm³/mol. The van der Waals surface area contributed by atoms with E-state index < -0.39 is 30.2 Å². The monoisotopic (exact) mass is 294 g/mol. The maximum atomic E-state index is 11.7. The first kappa shape index (κ1) is 16.5. The summed E-state index contributed by atoms with van der Waals surface area (Å²) in [6.45, 7) is 3.43. The largest absolute Gasteiger partial charge is 0.483 e. The van der Waals surface area contributed by atoms with Crippen molar-refractivity contribution in [3.63, 3.8) is 0 Å². The van der Waals surface area contributed by atoms with Gasteiger partial charge >= 0.3 is 5.97 Å². The van der Waals surface area contributed by atoms with Gasteiger partial charge in [0.15, 0.2) is 6.61 Å². The van der Waals surface area contributed by atoms with E-state index in [9.17, 15) is 14.4 Å². The lowest BCUT2D eigenvalue weighted by atomic mass is 10.1. The Balaban J connectivity index is 2.59. The van der Waals surface area contributed by atoms with Crippen molar-refractivity contribution in [2.24, 2.45) is 5.73 Å². The number of amides is 2. The highest BCUT2D eigenvalue weighted by Gasteiger charge is 2.22. The molecule has 0 saturated carbocycles. The second-order valence-electron chi connectivity index (χ2n) is 4.62. The number of rotatable bonds is 7. The lowest BCUT2D eigenvalue weighted by molar-refractivity contribution is -0.143. The summed E-state index contributed by atoms with van der Waals surface area (Å²) in [4.78, 5) is 33.3. The van der Waals surface area contributed by atoms with Gasteiger partial charge < -0.3 is 20.9 Å². The number of primary amides is 1. The number of aryl methyl sites for hydroxylation is 1. The third-order valence-corrected chi connectivity index (χ3v) is 2.95. The average Bonchev–Trinajstić information content (AvgIpc) is 2.39. The Morgan fingerprint density at radius 3 is 2.57 bits per heavy atom. The molecule has 0 aliphatic heterocycles. The topological polar surface area (TPSA) is 119 Å². The number of benzene rings is 1. The number of carbonyl (C=O) groups is 3. The predicted octanol–water partition coefficient (Wildman–Crippen LogP) is 0.127. The molecule has 0 spiro atoms. The molecule has 0 unspecified atom stereocenters. The maximum Gasteiger partial charge on any atom is 0.326 e. The van der Waals surface area contributed by atoms with E-state index in [1.54, 1.807) is 12.1 Å². The SMILES string of the molecule is Cc1cccc(OCC(=O)N[C@H](CC(N)=O)C(=O)O)c1C. The number of nitrogens with one attached hydrogen (secondary N) is 1. The molecule has 1 rings (SSSR count). The van der Waals surface area contributed by atoms with Crippen molar-refractivity contribution in [3.05, 3.63) is 29.3 Å². The van der Waals surface area contributed by atoms with Crippen LogP contribution in [0.2, 0.25) is 0 Å². The highest BCUT2D eigenvalue weighted by atomic mass is 16.5. The van der Waals surface area contributed by atoms with Gasteiger partial charge in [0, 0.05) is 0 Å². The van der Waals surface area contributed by atoms with Gasteiger partial charge in [-0.1, -0.05) is 12.1 Å². The van der Waals surface area contributed by atoms with E-state index in [1.165, 1.54) is 0 Å². The van der Waals surface area contributed by atoms with E-state index >= 15 is 0 Å². The molecule has 7 nitrogen and oxygen atoms in total. The smallest absolute Gasteiger partial charge is 0.326 e. The van der Waals surface area contributed by atoms with Crippen LogP contribution in [0.4, 0.5) is 0 Å². The molecule has 0 radical (unpaired) electrons. The number of aliphatic carboxylic acids is 1. The number of carboxylic acids is 1. The highest BCUT2D eigenvalue weighted by Crippen LogP contribution is 2.20. The Kier molecular flexibility index (Phi) is 5.71.